The van der Waals surface area contributed by atoms with Crippen molar-refractivity contribution < 1.29 is 27.7 Å². The highest BCUT2D eigenvalue weighted by atomic mass is 31.2. The molecule has 7 nitrogen and oxygen atoms in total. The van der Waals surface area contributed by atoms with Gasteiger partial charge in [0.1, 0.15) is 19.3 Å². The number of phosphoric ester groups is 1. The summed E-state index contributed by atoms with van der Waals surface area (Å²) in [6.07, 6.45) is 31.1. The topological polar surface area (TPSA) is 79.9 Å². The van der Waals surface area contributed by atoms with Crippen LogP contribution in [0.3, 0.4) is 0 Å². The lowest BCUT2D eigenvalue weighted by molar-refractivity contribution is -0.870. The number of quaternary nitrogens is 1. The molecule has 266 valence electrons. The van der Waals surface area contributed by atoms with Gasteiger partial charge in [-0.05, 0) is 19.4 Å². The molecule has 0 amide bonds. The molecule has 2 atom stereocenters. The summed E-state index contributed by atoms with van der Waals surface area (Å²) in [6, 6.07) is 0. The van der Waals surface area contributed by atoms with Gasteiger partial charge in [0.2, 0.25) is 0 Å². The van der Waals surface area contributed by atoms with E-state index in [1.165, 1.54) is 135 Å². The van der Waals surface area contributed by atoms with E-state index in [0.717, 1.165) is 25.8 Å². The first-order chi connectivity index (χ1) is 21.2. The van der Waals surface area contributed by atoms with Gasteiger partial charge in [-0.2, -0.15) is 0 Å². The van der Waals surface area contributed by atoms with E-state index in [1.807, 2.05) is 21.1 Å². The van der Waals surface area contributed by atoms with E-state index in [-0.39, 0.29) is 13.2 Å². The summed E-state index contributed by atoms with van der Waals surface area (Å²) < 4.78 is 29.6. The van der Waals surface area contributed by atoms with Gasteiger partial charge < -0.3 is 28.5 Å². The summed E-state index contributed by atoms with van der Waals surface area (Å²) in [5.41, 5.74) is 0. The first-order valence-corrected chi connectivity index (χ1v) is 20.4. The monoisotopic (exact) mass is 649 g/mol. The molecule has 0 spiro atoms. The van der Waals surface area contributed by atoms with Crippen LogP contribution in [-0.2, 0) is 18.3 Å². The van der Waals surface area contributed by atoms with Crippen molar-refractivity contribution in [1.82, 2.24) is 5.32 Å². The summed E-state index contributed by atoms with van der Waals surface area (Å²) in [7, 11) is 1.62. The molecule has 0 aliphatic carbocycles. The predicted molar refractivity (Wildman–Crippen MR) is 187 cm³/mol. The highest BCUT2D eigenvalue weighted by Crippen LogP contribution is 2.39. The second-order valence-corrected chi connectivity index (χ2v) is 15.4. The zero-order valence-corrected chi connectivity index (χ0v) is 31.1. The minimum atomic E-state index is -4.39. The fourth-order valence-electron chi connectivity index (χ4n) is 5.38. The lowest BCUT2D eigenvalue weighted by Crippen LogP contribution is -2.38. The van der Waals surface area contributed by atoms with E-state index in [0.29, 0.717) is 24.2 Å². The molecule has 0 saturated carbocycles. The van der Waals surface area contributed by atoms with Crippen molar-refractivity contribution in [2.75, 3.05) is 60.6 Å². The van der Waals surface area contributed by atoms with Crippen molar-refractivity contribution >= 4 is 7.82 Å². The lowest BCUT2D eigenvalue weighted by Gasteiger charge is -2.30. The molecular weight excluding hydrogens is 571 g/mol. The molecule has 0 aliphatic rings. The largest absolute Gasteiger partial charge is 0.756 e. The molecule has 44 heavy (non-hydrogen) atoms. The minimum Gasteiger partial charge on any atom is -0.756 e. The molecule has 0 radical (unpaired) electrons. The van der Waals surface area contributed by atoms with Gasteiger partial charge in [-0.3, -0.25) is 4.57 Å². The van der Waals surface area contributed by atoms with Gasteiger partial charge >= 0.3 is 0 Å². The van der Waals surface area contributed by atoms with Crippen LogP contribution in [0.1, 0.15) is 168 Å². The Morgan fingerprint density at radius 2 is 1.02 bits per heavy atom. The Bertz CT molecular complexity index is 632. The summed E-state index contributed by atoms with van der Waals surface area (Å²) in [5.74, 6) is 0. The summed E-state index contributed by atoms with van der Waals surface area (Å²) >= 11 is 0. The van der Waals surface area contributed by atoms with Crippen LogP contribution in [0.5, 0.6) is 0 Å². The Kier molecular flexibility index (Phi) is 31.6. The Labute approximate surface area is 275 Å². The Hall–Kier alpha value is -0.0100. The third-order valence-electron chi connectivity index (χ3n) is 8.31. The normalized spacial score (nSPS) is 14.2. The molecule has 8 heteroatoms. The first-order valence-electron chi connectivity index (χ1n) is 18.9. The predicted octanol–water partition coefficient (Wildman–Crippen LogP) is 9.57. The third-order valence-corrected chi connectivity index (χ3v) is 9.37. The average molecular weight is 649 g/mol. The van der Waals surface area contributed by atoms with Crippen molar-refractivity contribution in [2.45, 2.75) is 174 Å². The van der Waals surface area contributed by atoms with Gasteiger partial charge in [-0.1, -0.05) is 155 Å². The fourth-order valence-corrected chi connectivity index (χ4v) is 6.25. The molecule has 1 N–H and O–H groups in total. The van der Waals surface area contributed by atoms with Crippen molar-refractivity contribution in [3.63, 3.8) is 0 Å². The van der Waals surface area contributed by atoms with Gasteiger partial charge in [-0.25, -0.2) is 0 Å². The van der Waals surface area contributed by atoms with Crippen LogP contribution < -0.4 is 10.2 Å². The number of rotatable bonds is 36. The number of likely N-dealkylation sites (N-methyl/N-ethyl adjacent to an activating group) is 1. The quantitative estimate of drug-likeness (QED) is 0.0414. The standard InChI is InChI=1S/C36H77N2O5P/c1-6-8-10-12-14-16-17-18-19-20-21-22-23-24-26-28-30-37-34-36(43-44(39,40)42-33-31-38(3,4)5)35-41-32-29-27-25-15-13-11-9-7-2/h36-37H,6-35H2,1-5H3. The van der Waals surface area contributed by atoms with E-state index in [2.05, 4.69) is 19.2 Å². The lowest BCUT2D eigenvalue weighted by atomic mass is 10.0. The molecule has 0 rings (SSSR count). The Morgan fingerprint density at radius 3 is 1.45 bits per heavy atom. The number of hydrogen-bond donors (Lipinski definition) is 1. The van der Waals surface area contributed by atoms with Crippen LogP contribution in [0.4, 0.5) is 0 Å². The van der Waals surface area contributed by atoms with Crippen LogP contribution in [-0.4, -0.2) is 71.2 Å². The van der Waals surface area contributed by atoms with E-state index >= 15 is 0 Å². The second kappa shape index (κ2) is 31.6. The van der Waals surface area contributed by atoms with Crippen LogP contribution in [0.2, 0.25) is 0 Å². The maximum atomic E-state index is 12.5. The maximum absolute atomic E-state index is 12.5. The van der Waals surface area contributed by atoms with Gasteiger partial charge in [0.05, 0.1) is 27.7 Å². The van der Waals surface area contributed by atoms with Gasteiger partial charge in [0, 0.05) is 13.2 Å². The molecule has 0 aliphatic heterocycles. The van der Waals surface area contributed by atoms with Crippen LogP contribution in [0.15, 0.2) is 0 Å². The summed E-state index contributed by atoms with van der Waals surface area (Å²) in [6.45, 7) is 7.43. The average Bonchev–Trinajstić information content (AvgIpc) is 2.96. The van der Waals surface area contributed by atoms with Gasteiger partial charge in [-0.15, -0.1) is 0 Å². The zero-order chi connectivity index (χ0) is 32.6. The molecule has 0 bridgehead atoms. The number of hydrogen-bond acceptors (Lipinski definition) is 6. The van der Waals surface area contributed by atoms with Gasteiger partial charge in [0.25, 0.3) is 7.82 Å². The maximum Gasteiger partial charge on any atom is 0.268 e. The number of ether oxygens (including phenoxy) is 1. The molecule has 0 fully saturated rings. The molecule has 0 aromatic heterocycles. The van der Waals surface area contributed by atoms with Gasteiger partial charge in [0.15, 0.2) is 0 Å². The van der Waals surface area contributed by atoms with E-state index in [1.54, 1.807) is 0 Å². The molecule has 0 aromatic rings. The molecule has 0 heterocycles. The van der Waals surface area contributed by atoms with Crippen LogP contribution in [0.25, 0.3) is 0 Å². The fraction of sp³-hybridized carbons (Fsp3) is 1.00. The first kappa shape index (κ1) is 44.0. The number of phosphoric acid groups is 1. The van der Waals surface area contributed by atoms with Crippen LogP contribution in [0, 0.1) is 0 Å². The van der Waals surface area contributed by atoms with Crippen LogP contribution >= 0.6 is 7.82 Å². The third kappa shape index (κ3) is 34.9. The van der Waals surface area contributed by atoms with E-state index in [9.17, 15) is 9.46 Å². The van der Waals surface area contributed by atoms with Crippen molar-refractivity contribution in [3.05, 3.63) is 0 Å². The van der Waals surface area contributed by atoms with Crippen molar-refractivity contribution in [1.29, 1.82) is 0 Å². The highest BCUT2D eigenvalue weighted by molar-refractivity contribution is 7.45. The highest BCUT2D eigenvalue weighted by Gasteiger charge is 2.20. The summed E-state index contributed by atoms with van der Waals surface area (Å²) in [5, 5.41) is 3.40. The van der Waals surface area contributed by atoms with E-state index < -0.39 is 13.9 Å². The Balaban J connectivity index is 4.02. The molecule has 0 saturated heterocycles. The molecule has 2 unspecified atom stereocenters. The smallest absolute Gasteiger partial charge is 0.268 e. The van der Waals surface area contributed by atoms with Crippen molar-refractivity contribution in [3.8, 4) is 0 Å². The zero-order valence-electron chi connectivity index (χ0n) is 30.2. The number of nitrogens with one attached hydrogen (secondary N) is 1. The second-order valence-electron chi connectivity index (χ2n) is 14.1. The Morgan fingerprint density at radius 1 is 0.614 bits per heavy atom. The van der Waals surface area contributed by atoms with E-state index in [4.69, 9.17) is 13.8 Å². The summed E-state index contributed by atoms with van der Waals surface area (Å²) in [4.78, 5) is 12.5. The number of nitrogens with zero attached hydrogens (tertiary/aromatic N) is 1. The molecule has 0 aromatic carbocycles. The molecular formula is C36H77N2O5P. The van der Waals surface area contributed by atoms with Crippen molar-refractivity contribution in [2.24, 2.45) is 0 Å². The number of unbranched alkanes of at least 4 members (excludes halogenated alkanes) is 22. The minimum absolute atomic E-state index is 0.114. The SMILES string of the molecule is CCCCCCCCCCCCCCCCCCNCC(COCCCCCCCCCC)OP(=O)([O-])OCC[N+](C)(C)C.